The second kappa shape index (κ2) is 15.7. The zero-order valence-electron chi connectivity index (χ0n) is 7.06. The first kappa shape index (κ1) is 22.8. The van der Waals surface area contributed by atoms with Crippen molar-refractivity contribution in [3.63, 3.8) is 0 Å². The first-order chi connectivity index (χ1) is 1.73. The molecule has 0 aliphatic carbocycles. The van der Waals surface area contributed by atoms with Gasteiger partial charge in [-0.25, -0.2) is 0 Å². The number of carbonyl (C=O) groups is 1. The Morgan fingerprint density at radius 1 is 1.57 bits per heavy atom. The van der Waals surface area contributed by atoms with Gasteiger partial charge in [-0.15, -0.1) is 0 Å². The molecule has 0 unspecified atom stereocenters. The second-order valence-electron chi connectivity index (χ2n) is 0.519. The Hall–Kier alpha value is 2.27. The Bertz CT molecular complexity index is 43.5. The van der Waals surface area contributed by atoms with Gasteiger partial charge in [0.1, 0.15) is 0 Å². The molecule has 2 radical (unpaired) electrons. The van der Waals surface area contributed by atoms with Crippen LogP contribution in [0.5, 0.6) is 0 Å². The van der Waals surface area contributed by atoms with Gasteiger partial charge >= 0.3 is 83.0 Å². The standard InChI is InChI=1S/C2H4O2.2Na.Sn.4H/c1-2(3)4;;;;;;;/h1H3,(H,3,4);;;;;;;/q;2*+1;;;;2*-1. The van der Waals surface area contributed by atoms with Crippen LogP contribution in [0, 0.1) is 0 Å². The van der Waals surface area contributed by atoms with Crippen molar-refractivity contribution in [1.29, 1.82) is 0 Å². The molecule has 0 saturated heterocycles. The van der Waals surface area contributed by atoms with Gasteiger partial charge in [-0.1, -0.05) is 0 Å². The third-order valence-electron chi connectivity index (χ3n) is 0. The first-order valence-corrected chi connectivity index (χ1v) is 0.928. The molecule has 34 valence electrons. The summed E-state index contributed by atoms with van der Waals surface area (Å²) in [6, 6.07) is 0. The molecule has 0 rings (SSSR count). The van der Waals surface area contributed by atoms with Gasteiger partial charge in [0.25, 0.3) is 5.97 Å². The summed E-state index contributed by atoms with van der Waals surface area (Å²) < 4.78 is 0. The maximum absolute atomic E-state index is 9.00. The molecule has 2 nitrogen and oxygen atoms in total. The minimum atomic E-state index is -0.833. The topological polar surface area (TPSA) is 37.3 Å². The van der Waals surface area contributed by atoms with Crippen LogP contribution in [0.1, 0.15) is 9.78 Å². The quantitative estimate of drug-likeness (QED) is 0.419. The molecule has 0 aromatic heterocycles. The van der Waals surface area contributed by atoms with E-state index < -0.39 is 5.97 Å². The number of hydrogen-bond donors (Lipinski definition) is 1. The summed E-state index contributed by atoms with van der Waals surface area (Å²) in [5, 5.41) is 7.42. The van der Waals surface area contributed by atoms with Gasteiger partial charge < -0.3 is 7.96 Å². The molecule has 0 fully saturated rings. The normalized spacial score (nSPS) is 3.57. The van der Waals surface area contributed by atoms with Crippen molar-refractivity contribution in [1.82, 2.24) is 0 Å². The van der Waals surface area contributed by atoms with Crippen LogP contribution in [-0.2, 0) is 4.79 Å². The minimum absolute atomic E-state index is 0. The van der Waals surface area contributed by atoms with Crippen molar-refractivity contribution >= 4 is 29.9 Å². The van der Waals surface area contributed by atoms with Crippen molar-refractivity contribution in [2.24, 2.45) is 0 Å². The molecule has 0 bridgehead atoms. The number of rotatable bonds is 0. The Labute approximate surface area is 107 Å². The van der Waals surface area contributed by atoms with E-state index in [-0.39, 0.29) is 85.9 Å². The van der Waals surface area contributed by atoms with E-state index in [2.05, 4.69) is 0 Å². The van der Waals surface area contributed by atoms with Crippen LogP contribution in [0.15, 0.2) is 0 Å². The zero-order chi connectivity index (χ0) is 3.58. The summed E-state index contributed by atoms with van der Waals surface area (Å²) >= 11 is 0. The predicted molar refractivity (Wildman–Crippen MR) is 24.1 cm³/mol. The first-order valence-electron chi connectivity index (χ1n) is 0.928. The molecule has 0 aromatic rings. The van der Waals surface area contributed by atoms with Crippen molar-refractivity contribution in [3.05, 3.63) is 0 Å². The molecule has 5 heteroatoms. The van der Waals surface area contributed by atoms with E-state index >= 15 is 0 Å². The van der Waals surface area contributed by atoms with Gasteiger partial charge in [-0.2, -0.15) is 0 Å². The van der Waals surface area contributed by atoms with Gasteiger partial charge in [-0.05, 0) is 0 Å². The van der Waals surface area contributed by atoms with Gasteiger partial charge in [-0.3, -0.25) is 4.79 Å². The van der Waals surface area contributed by atoms with Gasteiger partial charge in [0, 0.05) is 6.92 Å². The molecule has 0 aromatic carbocycles. The molecule has 0 heterocycles. The molecule has 0 saturated carbocycles. The van der Waals surface area contributed by atoms with Gasteiger partial charge in [0.05, 0.1) is 0 Å². The van der Waals surface area contributed by atoms with E-state index in [0.717, 1.165) is 6.92 Å². The zero-order valence-corrected chi connectivity index (χ0v) is 13.1. The summed E-state index contributed by atoms with van der Waals surface area (Å²) in [5.74, 6) is -0.833. The molecule has 1 N–H and O–H groups in total. The molecule has 0 aliphatic heterocycles. The van der Waals surface area contributed by atoms with Crippen molar-refractivity contribution < 1.29 is 71.9 Å². The predicted octanol–water partition coefficient (Wildman–Crippen LogP) is -6.59. The van der Waals surface area contributed by atoms with Crippen LogP contribution >= 0.6 is 0 Å². The van der Waals surface area contributed by atoms with Gasteiger partial charge in [0.15, 0.2) is 0 Å². The second-order valence-corrected chi connectivity index (χ2v) is 0.519. The molecular formula is C2H8Na2O2Sn. The Morgan fingerprint density at radius 2 is 1.57 bits per heavy atom. The third-order valence-corrected chi connectivity index (χ3v) is 0. The third kappa shape index (κ3) is 63.1. The SMILES string of the molecule is CC(=O)O.[H-].[H-].[Na+].[Na+].[SnH2]. The van der Waals surface area contributed by atoms with Crippen LogP contribution < -0.4 is 59.1 Å². The Morgan fingerprint density at radius 3 is 1.57 bits per heavy atom. The van der Waals surface area contributed by atoms with E-state index in [9.17, 15) is 0 Å². The fourth-order valence-corrected chi connectivity index (χ4v) is 0. The van der Waals surface area contributed by atoms with E-state index in [1.54, 1.807) is 0 Å². The van der Waals surface area contributed by atoms with E-state index in [1.165, 1.54) is 0 Å². The summed E-state index contributed by atoms with van der Waals surface area (Å²) in [6.45, 7) is 1.08. The number of carboxylic acid groups (broad SMARTS) is 1. The maximum atomic E-state index is 9.00. The number of aliphatic carboxylic acids is 1. The summed E-state index contributed by atoms with van der Waals surface area (Å²) in [7, 11) is 0. The van der Waals surface area contributed by atoms with Crippen molar-refractivity contribution in [3.8, 4) is 0 Å². The molecular weight excluding hydrogens is 221 g/mol. The fourth-order valence-electron chi connectivity index (χ4n) is 0. The summed E-state index contributed by atoms with van der Waals surface area (Å²) in [6.07, 6.45) is 0. The van der Waals surface area contributed by atoms with Crippen molar-refractivity contribution in [2.45, 2.75) is 6.92 Å². The van der Waals surface area contributed by atoms with Gasteiger partial charge in [0.2, 0.25) is 0 Å². The van der Waals surface area contributed by atoms with Crippen LogP contribution in [0.2, 0.25) is 0 Å². The van der Waals surface area contributed by atoms with E-state index in [4.69, 9.17) is 9.90 Å². The average Bonchev–Trinajstić information content (AvgIpc) is 0.811. The monoisotopic (exact) mass is 230 g/mol. The van der Waals surface area contributed by atoms with E-state index in [1.807, 2.05) is 0 Å². The average molecular weight is 229 g/mol. The number of carboxylic acids is 1. The van der Waals surface area contributed by atoms with Crippen LogP contribution in [-0.4, -0.2) is 35.0 Å². The molecule has 0 spiro atoms. The molecule has 7 heavy (non-hydrogen) atoms. The Kier molecular flexibility index (Phi) is 51.3. The molecule has 0 amide bonds. The van der Waals surface area contributed by atoms with Crippen LogP contribution in [0.4, 0.5) is 0 Å². The van der Waals surface area contributed by atoms with E-state index in [0.29, 0.717) is 0 Å². The van der Waals surface area contributed by atoms with Crippen LogP contribution in [0.25, 0.3) is 0 Å². The molecule has 0 atom stereocenters. The fraction of sp³-hybridized carbons (Fsp3) is 0.500. The molecule has 0 aliphatic rings. The Balaban J connectivity index is -0.00000000450. The summed E-state index contributed by atoms with van der Waals surface area (Å²) in [5.41, 5.74) is 0. The van der Waals surface area contributed by atoms with Crippen LogP contribution in [0.3, 0.4) is 0 Å². The number of hydrogen-bond acceptors (Lipinski definition) is 1. The summed E-state index contributed by atoms with van der Waals surface area (Å²) in [4.78, 5) is 9.00. The van der Waals surface area contributed by atoms with Crippen molar-refractivity contribution in [2.75, 3.05) is 0 Å².